The SMILES string of the molecule is COc1ccccc1CNC(CC(=O)O)C(C)C. The minimum atomic E-state index is -0.777. The summed E-state index contributed by atoms with van der Waals surface area (Å²) in [6, 6.07) is 7.70. The van der Waals surface area contributed by atoms with Crippen LogP contribution in [0.25, 0.3) is 0 Å². The van der Waals surface area contributed by atoms with Gasteiger partial charge in [0, 0.05) is 18.2 Å². The molecular weight excluding hydrogens is 230 g/mol. The van der Waals surface area contributed by atoms with Crippen molar-refractivity contribution in [1.82, 2.24) is 5.32 Å². The lowest BCUT2D eigenvalue weighted by Crippen LogP contribution is -2.35. The number of carboxylic acid groups (broad SMARTS) is 1. The van der Waals surface area contributed by atoms with E-state index in [1.54, 1.807) is 7.11 Å². The van der Waals surface area contributed by atoms with E-state index in [9.17, 15) is 4.79 Å². The van der Waals surface area contributed by atoms with Crippen LogP contribution >= 0.6 is 0 Å². The maximum Gasteiger partial charge on any atom is 0.304 e. The normalized spacial score (nSPS) is 12.4. The highest BCUT2D eigenvalue weighted by Crippen LogP contribution is 2.17. The predicted molar refractivity (Wildman–Crippen MR) is 70.7 cm³/mol. The average molecular weight is 251 g/mol. The van der Waals surface area contributed by atoms with Crippen LogP contribution in [0.1, 0.15) is 25.8 Å². The van der Waals surface area contributed by atoms with Crippen molar-refractivity contribution in [3.8, 4) is 5.75 Å². The Morgan fingerprint density at radius 1 is 1.39 bits per heavy atom. The summed E-state index contributed by atoms with van der Waals surface area (Å²) < 4.78 is 5.26. The van der Waals surface area contributed by atoms with E-state index in [0.29, 0.717) is 6.54 Å². The Balaban J connectivity index is 2.63. The number of rotatable bonds is 7. The molecule has 0 aliphatic carbocycles. The van der Waals surface area contributed by atoms with Crippen LogP contribution in [-0.4, -0.2) is 24.2 Å². The quantitative estimate of drug-likeness (QED) is 0.780. The number of methoxy groups -OCH3 is 1. The van der Waals surface area contributed by atoms with Crippen molar-refractivity contribution in [2.24, 2.45) is 5.92 Å². The minimum Gasteiger partial charge on any atom is -0.496 e. The Labute approximate surface area is 108 Å². The van der Waals surface area contributed by atoms with Gasteiger partial charge in [0.1, 0.15) is 5.75 Å². The molecule has 0 bridgehead atoms. The van der Waals surface area contributed by atoms with Crippen LogP contribution in [-0.2, 0) is 11.3 Å². The first-order valence-electron chi connectivity index (χ1n) is 6.11. The van der Waals surface area contributed by atoms with Gasteiger partial charge in [-0.15, -0.1) is 0 Å². The fourth-order valence-electron chi connectivity index (χ4n) is 1.82. The van der Waals surface area contributed by atoms with E-state index in [1.807, 2.05) is 38.1 Å². The minimum absolute atomic E-state index is 0.0348. The zero-order chi connectivity index (χ0) is 13.5. The summed E-state index contributed by atoms with van der Waals surface area (Å²) in [6.45, 7) is 4.64. The molecule has 1 rings (SSSR count). The molecule has 1 aromatic carbocycles. The fourth-order valence-corrected chi connectivity index (χ4v) is 1.82. The van der Waals surface area contributed by atoms with E-state index in [0.717, 1.165) is 11.3 Å². The zero-order valence-corrected chi connectivity index (χ0v) is 11.1. The Morgan fingerprint density at radius 3 is 2.61 bits per heavy atom. The van der Waals surface area contributed by atoms with Gasteiger partial charge in [0.15, 0.2) is 0 Å². The maximum atomic E-state index is 10.8. The highest BCUT2D eigenvalue weighted by Gasteiger charge is 2.16. The Morgan fingerprint density at radius 2 is 2.06 bits per heavy atom. The molecule has 1 aromatic rings. The molecule has 0 saturated heterocycles. The third-order valence-electron chi connectivity index (χ3n) is 2.95. The van der Waals surface area contributed by atoms with Gasteiger partial charge in [0.2, 0.25) is 0 Å². The molecule has 1 atom stereocenters. The number of aliphatic carboxylic acids is 1. The molecule has 1 unspecified atom stereocenters. The van der Waals surface area contributed by atoms with E-state index < -0.39 is 5.97 Å². The zero-order valence-electron chi connectivity index (χ0n) is 11.1. The third-order valence-corrected chi connectivity index (χ3v) is 2.95. The second kappa shape index (κ2) is 7.01. The summed E-state index contributed by atoms with van der Waals surface area (Å²) >= 11 is 0. The lowest BCUT2D eigenvalue weighted by molar-refractivity contribution is -0.137. The van der Waals surface area contributed by atoms with Crippen molar-refractivity contribution in [3.63, 3.8) is 0 Å². The lowest BCUT2D eigenvalue weighted by atomic mass is 10.0. The van der Waals surface area contributed by atoms with Crippen LogP contribution in [0.4, 0.5) is 0 Å². The summed E-state index contributed by atoms with van der Waals surface area (Å²) in [7, 11) is 1.63. The monoisotopic (exact) mass is 251 g/mol. The highest BCUT2D eigenvalue weighted by atomic mass is 16.5. The van der Waals surface area contributed by atoms with Crippen molar-refractivity contribution in [1.29, 1.82) is 0 Å². The van der Waals surface area contributed by atoms with Gasteiger partial charge >= 0.3 is 5.97 Å². The van der Waals surface area contributed by atoms with E-state index in [-0.39, 0.29) is 18.4 Å². The van der Waals surface area contributed by atoms with Crippen LogP contribution in [0.3, 0.4) is 0 Å². The molecule has 0 aliphatic rings. The van der Waals surface area contributed by atoms with E-state index in [1.165, 1.54) is 0 Å². The van der Waals surface area contributed by atoms with E-state index >= 15 is 0 Å². The standard InChI is InChI=1S/C14H21NO3/c1-10(2)12(8-14(16)17)15-9-11-6-4-5-7-13(11)18-3/h4-7,10,12,15H,8-9H2,1-3H3,(H,16,17). The summed E-state index contributed by atoms with van der Waals surface area (Å²) in [4.78, 5) is 10.8. The smallest absolute Gasteiger partial charge is 0.304 e. The summed E-state index contributed by atoms with van der Waals surface area (Å²) in [5.74, 6) is 0.319. The van der Waals surface area contributed by atoms with Gasteiger partial charge in [-0.3, -0.25) is 4.79 Å². The summed E-state index contributed by atoms with van der Waals surface area (Å²) in [5.41, 5.74) is 1.04. The van der Waals surface area contributed by atoms with Crippen molar-refractivity contribution in [2.75, 3.05) is 7.11 Å². The van der Waals surface area contributed by atoms with E-state index in [4.69, 9.17) is 9.84 Å². The number of hydrogen-bond donors (Lipinski definition) is 2. The van der Waals surface area contributed by atoms with Gasteiger partial charge in [-0.05, 0) is 12.0 Å². The van der Waals surface area contributed by atoms with Crippen molar-refractivity contribution >= 4 is 5.97 Å². The molecule has 0 radical (unpaired) electrons. The Hall–Kier alpha value is -1.55. The van der Waals surface area contributed by atoms with Gasteiger partial charge < -0.3 is 15.2 Å². The molecule has 0 amide bonds. The Bertz CT molecular complexity index is 390. The van der Waals surface area contributed by atoms with Gasteiger partial charge in [-0.2, -0.15) is 0 Å². The van der Waals surface area contributed by atoms with Gasteiger partial charge in [-0.1, -0.05) is 32.0 Å². The fraction of sp³-hybridized carbons (Fsp3) is 0.500. The van der Waals surface area contributed by atoms with Crippen LogP contribution in [0.2, 0.25) is 0 Å². The first kappa shape index (κ1) is 14.5. The second-order valence-electron chi connectivity index (χ2n) is 4.64. The summed E-state index contributed by atoms with van der Waals surface area (Å²) in [6.07, 6.45) is 0.132. The topological polar surface area (TPSA) is 58.6 Å². The van der Waals surface area contributed by atoms with Crippen LogP contribution in [0.15, 0.2) is 24.3 Å². The first-order valence-corrected chi connectivity index (χ1v) is 6.11. The molecule has 100 valence electrons. The van der Waals surface area contributed by atoms with Gasteiger partial charge in [0.05, 0.1) is 13.5 Å². The number of benzene rings is 1. The number of para-hydroxylation sites is 1. The maximum absolute atomic E-state index is 10.8. The number of carboxylic acids is 1. The Kier molecular flexibility index (Phi) is 5.65. The molecular formula is C14H21NO3. The third kappa shape index (κ3) is 4.37. The predicted octanol–water partition coefficient (Wildman–Crippen LogP) is 2.28. The van der Waals surface area contributed by atoms with Crippen molar-refractivity contribution < 1.29 is 14.6 Å². The summed E-state index contributed by atoms with van der Waals surface area (Å²) in [5, 5.41) is 12.1. The largest absolute Gasteiger partial charge is 0.496 e. The van der Waals surface area contributed by atoms with Crippen LogP contribution < -0.4 is 10.1 Å². The van der Waals surface area contributed by atoms with E-state index in [2.05, 4.69) is 5.32 Å². The molecule has 0 saturated carbocycles. The van der Waals surface area contributed by atoms with Crippen LogP contribution in [0.5, 0.6) is 5.75 Å². The first-order chi connectivity index (χ1) is 8.54. The second-order valence-corrected chi connectivity index (χ2v) is 4.64. The van der Waals surface area contributed by atoms with Gasteiger partial charge in [0.25, 0.3) is 0 Å². The van der Waals surface area contributed by atoms with Gasteiger partial charge in [-0.25, -0.2) is 0 Å². The van der Waals surface area contributed by atoms with Crippen molar-refractivity contribution in [3.05, 3.63) is 29.8 Å². The highest BCUT2D eigenvalue weighted by molar-refractivity contribution is 5.67. The molecule has 0 spiro atoms. The number of ether oxygens (including phenoxy) is 1. The molecule has 4 nitrogen and oxygen atoms in total. The van der Waals surface area contributed by atoms with Crippen molar-refractivity contribution in [2.45, 2.75) is 32.9 Å². The molecule has 0 aliphatic heterocycles. The number of carbonyl (C=O) groups is 1. The average Bonchev–Trinajstić information content (AvgIpc) is 2.34. The molecule has 18 heavy (non-hydrogen) atoms. The molecule has 0 heterocycles. The molecule has 2 N–H and O–H groups in total. The van der Waals surface area contributed by atoms with Crippen LogP contribution in [0, 0.1) is 5.92 Å². The molecule has 4 heteroatoms. The molecule has 0 aromatic heterocycles. The number of hydrogen-bond acceptors (Lipinski definition) is 3. The number of nitrogens with one attached hydrogen (secondary N) is 1. The lowest BCUT2D eigenvalue weighted by Gasteiger charge is -2.21. The molecule has 0 fully saturated rings.